The number of pyridine rings is 1. The minimum Gasteiger partial charge on any atom is -0.444 e. The number of piperazine rings is 1. The highest BCUT2D eigenvalue weighted by Crippen LogP contribution is 2.31. The van der Waals surface area contributed by atoms with E-state index in [0.29, 0.717) is 31.7 Å². The van der Waals surface area contributed by atoms with E-state index in [1.807, 2.05) is 45.2 Å². The van der Waals surface area contributed by atoms with Crippen LogP contribution in [0.2, 0.25) is 0 Å². The van der Waals surface area contributed by atoms with E-state index >= 15 is 0 Å². The molecule has 1 saturated heterocycles. The Labute approximate surface area is 163 Å². The van der Waals surface area contributed by atoms with Crippen LogP contribution in [0.4, 0.5) is 10.6 Å². The number of ether oxygens (including phenoxy) is 1. The predicted octanol–water partition coefficient (Wildman–Crippen LogP) is 3.64. The first-order valence-electron chi connectivity index (χ1n) is 9.39. The van der Waals surface area contributed by atoms with E-state index in [-0.39, 0.29) is 6.09 Å². The number of nitrogens with zero attached hydrogens (tertiary/aromatic N) is 4. The molecule has 28 heavy (non-hydrogen) atoms. The van der Waals surface area contributed by atoms with Crippen LogP contribution >= 0.6 is 0 Å². The summed E-state index contributed by atoms with van der Waals surface area (Å²) in [6.45, 7) is 8.19. The van der Waals surface area contributed by atoms with Gasteiger partial charge in [-0.3, -0.25) is 0 Å². The predicted molar refractivity (Wildman–Crippen MR) is 108 cm³/mol. The summed E-state index contributed by atoms with van der Waals surface area (Å²) in [6, 6.07) is 9.73. The molecule has 0 radical (unpaired) electrons. The fraction of sp³-hybridized carbons (Fsp3) is 0.381. The highest BCUT2D eigenvalue weighted by Gasteiger charge is 2.27. The number of carbonyl (C=O) groups is 1. The number of hydrogen-bond acceptors (Lipinski definition) is 5. The molecule has 1 aliphatic heterocycles. The van der Waals surface area contributed by atoms with Crippen LogP contribution < -0.4 is 4.90 Å². The molecule has 7 heteroatoms. The molecule has 1 aromatic carbocycles. The van der Waals surface area contributed by atoms with E-state index in [4.69, 9.17) is 9.72 Å². The zero-order chi connectivity index (χ0) is 19.9. The maximum absolute atomic E-state index is 12.3. The Kier molecular flexibility index (Phi) is 4.34. The van der Waals surface area contributed by atoms with Gasteiger partial charge in [-0.2, -0.15) is 5.26 Å². The topological polar surface area (TPSA) is 85.2 Å². The molecule has 0 bridgehead atoms. The molecule has 0 unspecified atom stereocenters. The number of aromatic nitrogens is 2. The number of nitriles is 1. The lowest BCUT2D eigenvalue weighted by Gasteiger charge is -2.36. The Balaban J connectivity index is 1.61. The highest BCUT2D eigenvalue weighted by atomic mass is 16.6. The van der Waals surface area contributed by atoms with Crippen molar-refractivity contribution >= 4 is 33.7 Å². The Hall–Kier alpha value is -3.27. The van der Waals surface area contributed by atoms with Gasteiger partial charge in [0.05, 0.1) is 22.7 Å². The molecule has 2 aromatic heterocycles. The highest BCUT2D eigenvalue weighted by molar-refractivity contribution is 6.08. The molecular formula is C21H23N5O2. The van der Waals surface area contributed by atoms with Crippen LogP contribution in [0.5, 0.6) is 0 Å². The van der Waals surface area contributed by atoms with Gasteiger partial charge in [-0.1, -0.05) is 0 Å². The minimum atomic E-state index is -0.492. The first-order chi connectivity index (χ1) is 13.4. The summed E-state index contributed by atoms with van der Waals surface area (Å²) in [5.74, 6) is 0.900. The molecule has 1 fully saturated rings. The van der Waals surface area contributed by atoms with Gasteiger partial charge in [-0.25, -0.2) is 9.78 Å². The van der Waals surface area contributed by atoms with Crippen molar-refractivity contribution in [3.05, 3.63) is 36.0 Å². The molecule has 0 atom stereocenters. The summed E-state index contributed by atoms with van der Waals surface area (Å²) in [4.78, 5) is 24.4. The van der Waals surface area contributed by atoms with E-state index in [2.05, 4.69) is 16.0 Å². The third-order valence-corrected chi connectivity index (χ3v) is 4.84. The Morgan fingerprint density at radius 3 is 2.61 bits per heavy atom. The maximum atomic E-state index is 12.3. The molecule has 1 amide bonds. The van der Waals surface area contributed by atoms with Crippen LogP contribution in [0, 0.1) is 11.3 Å². The minimum absolute atomic E-state index is 0.269. The standard InChI is InChI=1S/C21H23N5O2/c1-21(2,3)28-20(27)26-10-8-25(9-11-26)19-15-6-7-23-18(15)16-12-14(13-22)4-5-17(16)24-19/h4-7,12,23H,8-11H2,1-3H3. The Morgan fingerprint density at radius 2 is 1.93 bits per heavy atom. The smallest absolute Gasteiger partial charge is 0.410 e. The number of H-pyrrole nitrogens is 1. The van der Waals surface area contributed by atoms with E-state index in [1.165, 1.54) is 0 Å². The normalized spacial score (nSPS) is 15.1. The third kappa shape index (κ3) is 3.33. The molecule has 0 aliphatic carbocycles. The molecule has 7 nitrogen and oxygen atoms in total. The second-order valence-corrected chi connectivity index (χ2v) is 8.00. The number of amides is 1. The number of carbonyl (C=O) groups excluding carboxylic acids is 1. The van der Waals surface area contributed by atoms with Crippen molar-refractivity contribution in [3.63, 3.8) is 0 Å². The number of anilines is 1. The number of fused-ring (bicyclic) bond motifs is 3. The van der Waals surface area contributed by atoms with Gasteiger partial charge in [0.15, 0.2) is 0 Å². The van der Waals surface area contributed by atoms with Crippen molar-refractivity contribution in [2.45, 2.75) is 26.4 Å². The number of rotatable bonds is 1. The average molecular weight is 377 g/mol. The van der Waals surface area contributed by atoms with Gasteiger partial charge in [0, 0.05) is 43.1 Å². The second-order valence-electron chi connectivity index (χ2n) is 8.00. The lowest BCUT2D eigenvalue weighted by atomic mass is 10.1. The first kappa shape index (κ1) is 18.1. The van der Waals surface area contributed by atoms with E-state index in [1.54, 1.807) is 11.0 Å². The molecule has 3 aromatic rings. The van der Waals surface area contributed by atoms with Crippen molar-refractivity contribution in [1.29, 1.82) is 5.26 Å². The van der Waals surface area contributed by atoms with Crippen LogP contribution in [0.3, 0.4) is 0 Å². The van der Waals surface area contributed by atoms with E-state index < -0.39 is 5.60 Å². The van der Waals surface area contributed by atoms with E-state index in [0.717, 1.165) is 27.6 Å². The summed E-state index contributed by atoms with van der Waals surface area (Å²) >= 11 is 0. The van der Waals surface area contributed by atoms with Gasteiger partial charge >= 0.3 is 6.09 Å². The molecule has 144 valence electrons. The van der Waals surface area contributed by atoms with Crippen LogP contribution in [-0.4, -0.2) is 52.7 Å². The monoisotopic (exact) mass is 377 g/mol. The molecule has 0 spiro atoms. The lowest BCUT2D eigenvalue weighted by Crippen LogP contribution is -2.50. The van der Waals surface area contributed by atoms with E-state index in [9.17, 15) is 10.1 Å². The van der Waals surface area contributed by atoms with Gasteiger partial charge in [-0.05, 0) is 45.0 Å². The SMILES string of the molecule is CC(C)(C)OC(=O)N1CCN(c2nc3ccc(C#N)cc3c3[nH]ccc23)CC1. The zero-order valence-corrected chi connectivity index (χ0v) is 16.3. The van der Waals surface area contributed by atoms with Crippen molar-refractivity contribution in [2.24, 2.45) is 0 Å². The molecule has 0 saturated carbocycles. The van der Waals surface area contributed by atoms with Crippen LogP contribution in [0.15, 0.2) is 30.5 Å². The summed E-state index contributed by atoms with van der Waals surface area (Å²) < 4.78 is 5.48. The van der Waals surface area contributed by atoms with Gasteiger partial charge in [0.25, 0.3) is 0 Å². The van der Waals surface area contributed by atoms with Gasteiger partial charge in [0.2, 0.25) is 0 Å². The largest absolute Gasteiger partial charge is 0.444 e. The summed E-state index contributed by atoms with van der Waals surface area (Å²) in [7, 11) is 0. The fourth-order valence-electron chi connectivity index (χ4n) is 3.52. The summed E-state index contributed by atoms with van der Waals surface area (Å²) in [6.07, 6.45) is 1.63. The number of hydrogen-bond donors (Lipinski definition) is 1. The summed E-state index contributed by atoms with van der Waals surface area (Å²) in [5, 5.41) is 11.1. The lowest BCUT2D eigenvalue weighted by molar-refractivity contribution is 0.0240. The number of aromatic amines is 1. The van der Waals surface area contributed by atoms with Gasteiger partial charge < -0.3 is 19.5 Å². The van der Waals surface area contributed by atoms with Gasteiger partial charge in [0.1, 0.15) is 11.4 Å². The van der Waals surface area contributed by atoms with Crippen LogP contribution in [-0.2, 0) is 4.74 Å². The molecular weight excluding hydrogens is 354 g/mol. The molecule has 3 heterocycles. The van der Waals surface area contributed by atoms with Crippen molar-refractivity contribution in [2.75, 3.05) is 31.1 Å². The number of benzene rings is 1. The second kappa shape index (κ2) is 6.71. The zero-order valence-electron chi connectivity index (χ0n) is 16.3. The van der Waals surface area contributed by atoms with Gasteiger partial charge in [-0.15, -0.1) is 0 Å². The first-order valence-corrected chi connectivity index (χ1v) is 9.39. The van der Waals surface area contributed by atoms with Crippen LogP contribution in [0.25, 0.3) is 21.8 Å². The molecule has 4 rings (SSSR count). The fourth-order valence-corrected chi connectivity index (χ4v) is 3.52. The third-order valence-electron chi connectivity index (χ3n) is 4.84. The molecule has 1 N–H and O–H groups in total. The van der Waals surface area contributed by atoms with Crippen molar-refractivity contribution < 1.29 is 9.53 Å². The van der Waals surface area contributed by atoms with Crippen molar-refractivity contribution in [3.8, 4) is 6.07 Å². The average Bonchev–Trinajstić information content (AvgIpc) is 3.16. The molecule has 1 aliphatic rings. The Bertz CT molecular complexity index is 1080. The summed E-state index contributed by atoms with van der Waals surface area (Å²) in [5.41, 5.74) is 1.95. The number of nitrogens with one attached hydrogen (secondary N) is 1. The maximum Gasteiger partial charge on any atom is 0.410 e. The van der Waals surface area contributed by atoms with Crippen molar-refractivity contribution in [1.82, 2.24) is 14.9 Å². The van der Waals surface area contributed by atoms with Crippen LogP contribution in [0.1, 0.15) is 26.3 Å². The quantitative estimate of drug-likeness (QED) is 0.700. The Morgan fingerprint density at radius 1 is 1.18 bits per heavy atom.